The molecule has 0 bridgehead atoms. The third kappa shape index (κ3) is 2.18. The minimum atomic E-state index is -0.0829. The summed E-state index contributed by atoms with van der Waals surface area (Å²) in [6, 6.07) is 15.4. The molecule has 0 saturated carbocycles. The van der Waals surface area contributed by atoms with Gasteiger partial charge in [0.2, 0.25) is 0 Å². The van der Waals surface area contributed by atoms with E-state index in [4.69, 9.17) is 0 Å². The number of rotatable bonds is 2. The second-order valence-corrected chi connectivity index (χ2v) is 4.20. The first-order valence-corrected chi connectivity index (χ1v) is 6.04. The van der Waals surface area contributed by atoms with E-state index in [0.717, 1.165) is 16.7 Å². The monoisotopic (exact) mass is 248 g/mol. The van der Waals surface area contributed by atoms with Gasteiger partial charge in [-0.2, -0.15) is 0 Å². The molecule has 0 spiro atoms. The summed E-state index contributed by atoms with van der Waals surface area (Å²) in [5.74, 6) is 0. The highest BCUT2D eigenvalue weighted by molar-refractivity contribution is 5.82. The van der Waals surface area contributed by atoms with Gasteiger partial charge in [0.1, 0.15) is 0 Å². The van der Waals surface area contributed by atoms with Crippen molar-refractivity contribution in [1.29, 1.82) is 0 Å². The molecule has 0 aliphatic rings. The average molecular weight is 248 g/mol. The van der Waals surface area contributed by atoms with Crippen LogP contribution in [0.15, 0.2) is 71.9 Å². The van der Waals surface area contributed by atoms with E-state index in [1.54, 1.807) is 18.6 Å². The van der Waals surface area contributed by atoms with Gasteiger partial charge in [0, 0.05) is 18.6 Å². The van der Waals surface area contributed by atoms with Crippen LogP contribution in [0.4, 0.5) is 0 Å². The van der Waals surface area contributed by atoms with Crippen molar-refractivity contribution in [2.75, 3.05) is 0 Å². The van der Waals surface area contributed by atoms with E-state index in [9.17, 15) is 4.79 Å². The molecule has 0 fully saturated rings. The van der Waals surface area contributed by atoms with Crippen molar-refractivity contribution in [3.63, 3.8) is 0 Å². The van der Waals surface area contributed by atoms with Crippen molar-refractivity contribution in [2.24, 2.45) is 0 Å². The van der Waals surface area contributed by atoms with Crippen molar-refractivity contribution in [1.82, 2.24) is 9.97 Å². The predicted molar refractivity (Wildman–Crippen MR) is 75.7 cm³/mol. The Morgan fingerprint density at radius 2 is 1.58 bits per heavy atom. The van der Waals surface area contributed by atoms with Crippen molar-refractivity contribution < 1.29 is 0 Å². The molecule has 2 heterocycles. The second kappa shape index (κ2) is 4.90. The van der Waals surface area contributed by atoms with Gasteiger partial charge in [-0.1, -0.05) is 30.3 Å². The van der Waals surface area contributed by atoms with E-state index in [1.807, 2.05) is 48.5 Å². The molecular formula is C16H12N2O. The highest BCUT2D eigenvalue weighted by Gasteiger charge is 2.10. The Kier molecular flexibility index (Phi) is 2.94. The van der Waals surface area contributed by atoms with E-state index >= 15 is 0 Å². The lowest BCUT2D eigenvalue weighted by Gasteiger charge is -2.08. The molecule has 1 N–H and O–H groups in total. The first kappa shape index (κ1) is 11.4. The van der Waals surface area contributed by atoms with Crippen LogP contribution >= 0.6 is 0 Å². The van der Waals surface area contributed by atoms with Crippen LogP contribution in [-0.4, -0.2) is 9.97 Å². The Morgan fingerprint density at radius 3 is 2.32 bits per heavy atom. The number of hydrogen-bond donors (Lipinski definition) is 1. The molecule has 92 valence electrons. The molecule has 3 heteroatoms. The summed E-state index contributed by atoms with van der Waals surface area (Å²) in [5, 5.41) is 0. The minimum absolute atomic E-state index is 0.0829. The number of nitrogens with zero attached hydrogens (tertiary/aromatic N) is 1. The van der Waals surface area contributed by atoms with Gasteiger partial charge in [0.25, 0.3) is 5.56 Å². The summed E-state index contributed by atoms with van der Waals surface area (Å²) in [6.07, 6.45) is 5.13. The van der Waals surface area contributed by atoms with Gasteiger partial charge in [-0.15, -0.1) is 0 Å². The molecule has 0 aliphatic carbocycles. The lowest BCUT2D eigenvalue weighted by Crippen LogP contribution is -2.09. The summed E-state index contributed by atoms with van der Waals surface area (Å²) in [4.78, 5) is 18.9. The van der Waals surface area contributed by atoms with Gasteiger partial charge in [-0.05, 0) is 34.9 Å². The minimum Gasteiger partial charge on any atom is -0.329 e. The zero-order valence-corrected chi connectivity index (χ0v) is 10.2. The molecule has 0 amide bonds. The summed E-state index contributed by atoms with van der Waals surface area (Å²) >= 11 is 0. The molecule has 0 unspecified atom stereocenters. The maximum Gasteiger partial charge on any atom is 0.256 e. The molecule has 0 radical (unpaired) electrons. The molecule has 3 rings (SSSR count). The topological polar surface area (TPSA) is 45.8 Å². The largest absolute Gasteiger partial charge is 0.329 e. The van der Waals surface area contributed by atoms with Crippen molar-refractivity contribution >= 4 is 0 Å². The normalized spacial score (nSPS) is 10.3. The molecule has 19 heavy (non-hydrogen) atoms. The number of aromatic amines is 1. The van der Waals surface area contributed by atoms with Gasteiger partial charge >= 0.3 is 0 Å². The fourth-order valence-corrected chi connectivity index (χ4v) is 2.14. The number of pyridine rings is 2. The average Bonchev–Trinajstić information content (AvgIpc) is 2.49. The molecule has 1 aromatic carbocycles. The lowest BCUT2D eigenvalue weighted by molar-refractivity contribution is 1.24. The fraction of sp³-hybridized carbons (Fsp3) is 0. The molecule has 2 aromatic heterocycles. The van der Waals surface area contributed by atoms with Gasteiger partial charge in [0.05, 0.1) is 5.56 Å². The third-order valence-corrected chi connectivity index (χ3v) is 3.01. The number of hydrogen-bond acceptors (Lipinski definition) is 2. The summed E-state index contributed by atoms with van der Waals surface area (Å²) in [5.41, 5.74) is 3.42. The molecule has 3 nitrogen and oxygen atoms in total. The van der Waals surface area contributed by atoms with E-state index in [1.165, 1.54) is 0 Å². The standard InChI is InChI=1S/C16H12N2O/c19-16-15(13-4-2-1-3-5-13)14(8-11-18-16)12-6-9-17-10-7-12/h1-11H,(H,18,19). The van der Waals surface area contributed by atoms with Gasteiger partial charge < -0.3 is 4.98 Å². The van der Waals surface area contributed by atoms with Gasteiger partial charge in [0.15, 0.2) is 0 Å². The Hall–Kier alpha value is -2.68. The maximum atomic E-state index is 12.1. The van der Waals surface area contributed by atoms with Crippen LogP contribution in [0, 0.1) is 0 Å². The fourth-order valence-electron chi connectivity index (χ4n) is 2.14. The van der Waals surface area contributed by atoms with E-state index in [0.29, 0.717) is 5.56 Å². The number of nitrogens with one attached hydrogen (secondary N) is 1. The van der Waals surface area contributed by atoms with Gasteiger partial charge in [-0.3, -0.25) is 9.78 Å². The Bertz CT molecular complexity index is 733. The van der Waals surface area contributed by atoms with Crippen molar-refractivity contribution in [2.45, 2.75) is 0 Å². The molecule has 0 atom stereocenters. The highest BCUT2D eigenvalue weighted by atomic mass is 16.1. The van der Waals surface area contributed by atoms with E-state index in [2.05, 4.69) is 9.97 Å². The molecule has 0 saturated heterocycles. The van der Waals surface area contributed by atoms with Crippen LogP contribution in [-0.2, 0) is 0 Å². The quantitative estimate of drug-likeness (QED) is 0.757. The van der Waals surface area contributed by atoms with Crippen LogP contribution in [0.25, 0.3) is 22.3 Å². The SMILES string of the molecule is O=c1[nH]ccc(-c2ccncc2)c1-c1ccccc1. The van der Waals surface area contributed by atoms with E-state index < -0.39 is 0 Å². The molecule has 0 aliphatic heterocycles. The Morgan fingerprint density at radius 1 is 0.842 bits per heavy atom. The molecular weight excluding hydrogens is 236 g/mol. The second-order valence-electron chi connectivity index (χ2n) is 4.20. The lowest BCUT2D eigenvalue weighted by atomic mass is 9.97. The number of H-pyrrole nitrogens is 1. The van der Waals surface area contributed by atoms with E-state index in [-0.39, 0.29) is 5.56 Å². The number of benzene rings is 1. The van der Waals surface area contributed by atoms with Crippen LogP contribution < -0.4 is 5.56 Å². The van der Waals surface area contributed by atoms with Crippen LogP contribution in [0.5, 0.6) is 0 Å². The van der Waals surface area contributed by atoms with Crippen molar-refractivity contribution in [3.05, 3.63) is 77.5 Å². The zero-order chi connectivity index (χ0) is 13.1. The molecule has 3 aromatic rings. The van der Waals surface area contributed by atoms with Crippen LogP contribution in [0.3, 0.4) is 0 Å². The third-order valence-electron chi connectivity index (χ3n) is 3.01. The maximum absolute atomic E-state index is 12.1. The van der Waals surface area contributed by atoms with Crippen LogP contribution in [0.1, 0.15) is 0 Å². The van der Waals surface area contributed by atoms with Crippen LogP contribution in [0.2, 0.25) is 0 Å². The highest BCUT2D eigenvalue weighted by Crippen LogP contribution is 2.27. The first-order valence-electron chi connectivity index (χ1n) is 6.04. The first-order chi connectivity index (χ1) is 9.36. The Labute approximate surface area is 110 Å². The number of aromatic nitrogens is 2. The summed E-state index contributed by atoms with van der Waals surface area (Å²) in [6.45, 7) is 0. The smallest absolute Gasteiger partial charge is 0.256 e. The zero-order valence-electron chi connectivity index (χ0n) is 10.2. The van der Waals surface area contributed by atoms with Crippen molar-refractivity contribution in [3.8, 4) is 22.3 Å². The van der Waals surface area contributed by atoms with Gasteiger partial charge in [-0.25, -0.2) is 0 Å². The Balaban J connectivity index is 2.28. The summed E-state index contributed by atoms with van der Waals surface area (Å²) < 4.78 is 0. The summed E-state index contributed by atoms with van der Waals surface area (Å²) in [7, 11) is 0. The predicted octanol–water partition coefficient (Wildman–Crippen LogP) is 3.10.